The molecule has 0 radical (unpaired) electrons. The lowest BCUT2D eigenvalue weighted by molar-refractivity contribution is 0.210. The van der Waals surface area contributed by atoms with E-state index in [4.69, 9.17) is 9.84 Å². The van der Waals surface area contributed by atoms with E-state index in [-0.39, 0.29) is 5.75 Å². The van der Waals surface area contributed by atoms with Crippen molar-refractivity contribution >= 4 is 22.4 Å². The van der Waals surface area contributed by atoms with Gasteiger partial charge in [-0.1, -0.05) is 19.1 Å². The topological polar surface area (TPSA) is 99.7 Å². The smallest absolute Gasteiger partial charge is 0.157 e. The third kappa shape index (κ3) is 4.07. The summed E-state index contributed by atoms with van der Waals surface area (Å²) in [4.78, 5) is 0. The monoisotopic (exact) mass is 398 g/mol. The van der Waals surface area contributed by atoms with Crippen LogP contribution in [0.3, 0.4) is 0 Å². The maximum absolute atomic E-state index is 11.7. The van der Waals surface area contributed by atoms with Gasteiger partial charge in [-0.15, -0.1) is 5.10 Å². The Morgan fingerprint density at radius 2 is 2.18 bits per heavy atom. The van der Waals surface area contributed by atoms with Crippen LogP contribution in [-0.4, -0.2) is 38.6 Å². The van der Waals surface area contributed by atoms with Crippen LogP contribution in [0, 0.1) is 11.3 Å². The van der Waals surface area contributed by atoms with Crippen molar-refractivity contribution in [3.63, 3.8) is 0 Å². The number of hydrogen-bond acceptors (Lipinski definition) is 5. The number of nitrogens with one attached hydrogen (secondary N) is 1. The molecule has 28 heavy (non-hydrogen) atoms. The zero-order valence-corrected chi connectivity index (χ0v) is 16.6. The molecule has 0 amide bonds. The van der Waals surface area contributed by atoms with Crippen LogP contribution in [0.2, 0.25) is 0 Å². The van der Waals surface area contributed by atoms with Gasteiger partial charge in [0.2, 0.25) is 0 Å². The zero-order valence-electron chi connectivity index (χ0n) is 15.8. The molecule has 8 heteroatoms. The average Bonchev–Trinajstić information content (AvgIpc) is 3.10. The number of nitrogens with zero attached hydrogens (tertiary/aromatic N) is 3. The van der Waals surface area contributed by atoms with Crippen LogP contribution in [0.4, 0.5) is 5.82 Å². The summed E-state index contributed by atoms with van der Waals surface area (Å²) in [5.74, 6) is 0.465. The van der Waals surface area contributed by atoms with Gasteiger partial charge < -0.3 is 14.6 Å². The third-order valence-corrected chi connectivity index (χ3v) is 5.02. The van der Waals surface area contributed by atoms with E-state index in [1.165, 1.54) is 0 Å². The molecule has 0 bridgehead atoms. The van der Waals surface area contributed by atoms with Crippen LogP contribution in [0.25, 0.3) is 16.6 Å². The Labute approximate surface area is 166 Å². The molecule has 2 heterocycles. The van der Waals surface area contributed by atoms with E-state index in [9.17, 15) is 14.0 Å². The fraction of sp³-hybridized carbons (Fsp3) is 0.300. The minimum Gasteiger partial charge on any atom is -0.383 e. The summed E-state index contributed by atoms with van der Waals surface area (Å²) < 4.78 is 28.3. The second-order valence-electron chi connectivity index (χ2n) is 6.26. The van der Waals surface area contributed by atoms with Crippen LogP contribution in [0.1, 0.15) is 23.7 Å². The summed E-state index contributed by atoms with van der Waals surface area (Å²) in [5.41, 5.74) is 4.64. The second kappa shape index (κ2) is 8.97. The summed E-state index contributed by atoms with van der Waals surface area (Å²) >= 11 is -2.05. The molecule has 0 aliphatic heterocycles. The first-order chi connectivity index (χ1) is 13.6. The van der Waals surface area contributed by atoms with E-state index in [2.05, 4.69) is 11.4 Å². The van der Waals surface area contributed by atoms with E-state index >= 15 is 0 Å². The maximum Gasteiger partial charge on any atom is 0.157 e. The molecular formula is C20H22N4O3S. The highest BCUT2D eigenvalue weighted by molar-refractivity contribution is 7.78. The molecule has 1 unspecified atom stereocenters. The van der Waals surface area contributed by atoms with E-state index in [1.54, 1.807) is 19.2 Å². The number of ether oxygens (including phenoxy) is 1. The van der Waals surface area contributed by atoms with E-state index < -0.39 is 11.1 Å². The van der Waals surface area contributed by atoms with Crippen molar-refractivity contribution in [3.05, 3.63) is 53.2 Å². The third-order valence-electron chi connectivity index (χ3n) is 4.49. The molecule has 3 rings (SSSR count). The molecule has 0 fully saturated rings. The minimum absolute atomic E-state index is 0.0719. The Kier molecular flexibility index (Phi) is 6.41. The predicted molar refractivity (Wildman–Crippen MR) is 110 cm³/mol. The van der Waals surface area contributed by atoms with Gasteiger partial charge in [-0.2, -0.15) is 5.26 Å². The first kappa shape index (κ1) is 20.0. The van der Waals surface area contributed by atoms with Gasteiger partial charge in [0.15, 0.2) is 16.9 Å². The lowest BCUT2D eigenvalue weighted by Crippen LogP contribution is -2.15. The average molecular weight is 398 g/mol. The molecule has 0 saturated carbocycles. The van der Waals surface area contributed by atoms with Crippen molar-refractivity contribution in [2.45, 2.75) is 19.1 Å². The zero-order chi connectivity index (χ0) is 20.1. The number of anilines is 1. The molecule has 7 nitrogen and oxygen atoms in total. The number of aromatic nitrogens is 2. The van der Waals surface area contributed by atoms with Gasteiger partial charge in [0.25, 0.3) is 0 Å². The lowest BCUT2D eigenvalue weighted by atomic mass is 9.99. The van der Waals surface area contributed by atoms with E-state index in [1.807, 2.05) is 35.7 Å². The van der Waals surface area contributed by atoms with Gasteiger partial charge in [-0.3, -0.25) is 0 Å². The van der Waals surface area contributed by atoms with Crippen molar-refractivity contribution in [2.24, 2.45) is 0 Å². The van der Waals surface area contributed by atoms with Crippen molar-refractivity contribution in [2.75, 3.05) is 25.6 Å². The second-order valence-corrected chi connectivity index (χ2v) is 7.19. The van der Waals surface area contributed by atoms with Crippen LogP contribution in [0.15, 0.2) is 36.4 Å². The standard InChI is InChI=1S/C20H22N4O3S/c1-3-16-7-8-18-19(15-6-4-5-14(11-15)12-21)17(13-28(25)26)20(23-24(16)18)22-9-10-27-2/h4-8,11H,3,9-10,13H2,1-2H3,(H,22,23)(H,25,26). The normalized spacial score (nSPS) is 12.1. The van der Waals surface area contributed by atoms with Gasteiger partial charge in [-0.05, 0) is 36.2 Å². The fourth-order valence-electron chi connectivity index (χ4n) is 3.22. The van der Waals surface area contributed by atoms with Gasteiger partial charge >= 0.3 is 0 Å². The Bertz CT molecular complexity index is 1060. The molecule has 0 aliphatic rings. The molecule has 1 atom stereocenters. The highest BCUT2D eigenvalue weighted by atomic mass is 32.2. The highest BCUT2D eigenvalue weighted by Crippen LogP contribution is 2.34. The van der Waals surface area contributed by atoms with Gasteiger partial charge in [-0.25, -0.2) is 8.72 Å². The maximum atomic E-state index is 11.7. The van der Waals surface area contributed by atoms with Crippen LogP contribution in [0.5, 0.6) is 0 Å². The van der Waals surface area contributed by atoms with Gasteiger partial charge in [0, 0.05) is 30.5 Å². The number of fused-ring (bicyclic) bond motifs is 1. The summed E-state index contributed by atoms with van der Waals surface area (Å²) in [6.45, 7) is 3.04. The molecule has 146 valence electrons. The molecule has 0 aliphatic carbocycles. The number of hydrogen-bond donors (Lipinski definition) is 2. The number of rotatable bonds is 8. The highest BCUT2D eigenvalue weighted by Gasteiger charge is 2.20. The quantitative estimate of drug-likeness (QED) is 0.446. The van der Waals surface area contributed by atoms with Crippen LogP contribution in [-0.2, 0) is 28.0 Å². The molecule has 2 aromatic heterocycles. The van der Waals surface area contributed by atoms with E-state index in [0.29, 0.717) is 30.1 Å². The van der Waals surface area contributed by atoms with E-state index in [0.717, 1.165) is 28.8 Å². The Morgan fingerprint density at radius 3 is 2.86 bits per heavy atom. The predicted octanol–water partition coefficient (Wildman–Crippen LogP) is 3.22. The minimum atomic E-state index is -2.05. The fourth-order valence-corrected chi connectivity index (χ4v) is 3.75. The lowest BCUT2D eigenvalue weighted by Gasteiger charge is -2.17. The Hall–Kier alpha value is -2.73. The SMILES string of the molecule is CCc1ccc2c(-c3cccc(C#N)c3)c(CS(=O)O)c(NCCOC)nn12. The first-order valence-corrected chi connectivity index (χ1v) is 10.2. The van der Waals surface area contributed by atoms with Crippen molar-refractivity contribution in [3.8, 4) is 17.2 Å². The van der Waals surface area contributed by atoms with Gasteiger partial charge in [0.05, 0.1) is 29.5 Å². The molecule has 2 N–H and O–H groups in total. The first-order valence-electron chi connectivity index (χ1n) is 8.93. The number of nitriles is 1. The molecule has 1 aromatic carbocycles. The van der Waals surface area contributed by atoms with Crippen molar-refractivity contribution < 1.29 is 13.5 Å². The van der Waals surface area contributed by atoms with Crippen LogP contribution >= 0.6 is 0 Å². The molecular weight excluding hydrogens is 376 g/mol. The largest absolute Gasteiger partial charge is 0.383 e. The number of methoxy groups -OCH3 is 1. The van der Waals surface area contributed by atoms with Gasteiger partial charge in [0.1, 0.15) is 0 Å². The summed E-state index contributed by atoms with van der Waals surface area (Å²) in [6, 6.07) is 13.3. The number of benzene rings is 1. The summed E-state index contributed by atoms with van der Waals surface area (Å²) in [5, 5.41) is 17.2. The van der Waals surface area contributed by atoms with Crippen LogP contribution < -0.4 is 5.32 Å². The van der Waals surface area contributed by atoms with Crippen molar-refractivity contribution in [1.82, 2.24) is 9.61 Å². The summed E-state index contributed by atoms with van der Waals surface area (Å²) in [7, 11) is 1.61. The summed E-state index contributed by atoms with van der Waals surface area (Å²) in [6.07, 6.45) is 0.793. The Balaban J connectivity index is 2.31. The molecule has 0 saturated heterocycles. The molecule has 0 spiro atoms. The molecule has 3 aromatic rings. The Morgan fingerprint density at radius 1 is 1.36 bits per heavy atom. The number of aryl methyl sites for hydroxylation is 1. The van der Waals surface area contributed by atoms with Crippen molar-refractivity contribution in [1.29, 1.82) is 5.26 Å².